The first kappa shape index (κ1) is 9.79. The first-order valence-corrected chi connectivity index (χ1v) is 5.04. The number of aliphatic hydroxyl groups is 1. The van der Waals surface area contributed by atoms with E-state index in [1.165, 1.54) is 25.7 Å². The lowest BCUT2D eigenvalue weighted by Crippen LogP contribution is -2.18. The van der Waals surface area contributed by atoms with Crippen molar-refractivity contribution in [3.8, 4) is 0 Å². The maximum Gasteiger partial charge on any atom is 0.0593 e. The first-order valence-electron chi connectivity index (χ1n) is 5.04. The summed E-state index contributed by atoms with van der Waals surface area (Å²) < 4.78 is 0. The van der Waals surface area contributed by atoms with Crippen LogP contribution in [-0.4, -0.2) is 11.2 Å². The summed E-state index contributed by atoms with van der Waals surface area (Å²) in [5, 5.41) is 9.73. The van der Waals surface area contributed by atoms with Gasteiger partial charge in [0.2, 0.25) is 0 Å². The predicted octanol–water partition coefficient (Wildman–Crippen LogP) is 2.75. The van der Waals surface area contributed by atoms with Gasteiger partial charge in [0.05, 0.1) is 6.10 Å². The predicted molar refractivity (Wildman–Crippen MR) is 51.9 cm³/mol. The zero-order chi connectivity index (χ0) is 8.97. The molecule has 0 unspecified atom stereocenters. The average molecular weight is 168 g/mol. The lowest BCUT2D eigenvalue weighted by Gasteiger charge is -2.16. The number of hydrogen-bond acceptors (Lipinski definition) is 1. The van der Waals surface area contributed by atoms with E-state index in [1.807, 2.05) is 6.08 Å². The Labute approximate surface area is 75.5 Å². The molecular formula is C11H20O. The minimum Gasteiger partial charge on any atom is -0.393 e. The van der Waals surface area contributed by atoms with Gasteiger partial charge in [0.15, 0.2) is 0 Å². The molecule has 1 N–H and O–H groups in total. The quantitative estimate of drug-likeness (QED) is 0.505. The third kappa shape index (κ3) is 2.34. The number of unbranched alkanes of at least 4 members (excludes halogenated alkanes) is 1. The molecule has 1 aliphatic carbocycles. The van der Waals surface area contributed by atoms with Gasteiger partial charge in [-0.25, -0.2) is 0 Å². The molecule has 3 atom stereocenters. The summed E-state index contributed by atoms with van der Waals surface area (Å²) in [6.45, 7) is 5.85. The van der Waals surface area contributed by atoms with E-state index in [9.17, 15) is 5.11 Å². The van der Waals surface area contributed by atoms with Gasteiger partial charge in [0.25, 0.3) is 0 Å². The van der Waals surface area contributed by atoms with Gasteiger partial charge in [-0.2, -0.15) is 0 Å². The van der Waals surface area contributed by atoms with E-state index < -0.39 is 0 Å². The number of aliphatic hydroxyl groups excluding tert-OH is 1. The monoisotopic (exact) mass is 168 g/mol. The Morgan fingerprint density at radius 1 is 1.50 bits per heavy atom. The Morgan fingerprint density at radius 3 is 2.75 bits per heavy atom. The molecule has 0 heterocycles. The van der Waals surface area contributed by atoms with Crippen LogP contribution in [0.1, 0.15) is 39.0 Å². The summed E-state index contributed by atoms with van der Waals surface area (Å²) in [5.41, 5.74) is 0. The van der Waals surface area contributed by atoms with Gasteiger partial charge in [-0.05, 0) is 43.9 Å². The number of allylic oxidation sites excluding steroid dienone is 1. The maximum atomic E-state index is 9.73. The van der Waals surface area contributed by atoms with Crippen molar-refractivity contribution < 1.29 is 5.11 Å². The van der Waals surface area contributed by atoms with Crippen molar-refractivity contribution in [3.05, 3.63) is 12.7 Å². The van der Waals surface area contributed by atoms with Crippen molar-refractivity contribution >= 4 is 0 Å². The Balaban J connectivity index is 2.20. The van der Waals surface area contributed by atoms with Crippen LogP contribution in [0.2, 0.25) is 0 Å². The largest absolute Gasteiger partial charge is 0.393 e. The molecule has 1 fully saturated rings. The Morgan fingerprint density at radius 2 is 2.25 bits per heavy atom. The molecule has 0 aromatic heterocycles. The molecule has 70 valence electrons. The molecule has 0 amide bonds. The fraction of sp³-hybridized carbons (Fsp3) is 0.818. The Kier molecular flexibility index (Phi) is 3.80. The van der Waals surface area contributed by atoms with Gasteiger partial charge in [-0.1, -0.05) is 13.0 Å². The van der Waals surface area contributed by atoms with E-state index in [1.54, 1.807) is 0 Å². The first-order chi connectivity index (χ1) is 5.75. The summed E-state index contributed by atoms with van der Waals surface area (Å²) in [6, 6.07) is 0. The molecule has 12 heavy (non-hydrogen) atoms. The van der Waals surface area contributed by atoms with Crippen molar-refractivity contribution in [3.63, 3.8) is 0 Å². The van der Waals surface area contributed by atoms with E-state index in [-0.39, 0.29) is 6.10 Å². The lowest BCUT2D eigenvalue weighted by atomic mass is 9.96. The van der Waals surface area contributed by atoms with Crippen LogP contribution in [0, 0.1) is 11.8 Å². The second-order valence-electron chi connectivity index (χ2n) is 4.02. The van der Waals surface area contributed by atoms with Crippen molar-refractivity contribution in [2.24, 2.45) is 11.8 Å². The molecule has 0 radical (unpaired) electrons. The van der Waals surface area contributed by atoms with Crippen LogP contribution in [0.4, 0.5) is 0 Å². The summed E-state index contributed by atoms with van der Waals surface area (Å²) in [6.07, 6.45) is 7.83. The van der Waals surface area contributed by atoms with Crippen molar-refractivity contribution in [1.82, 2.24) is 0 Å². The second-order valence-corrected chi connectivity index (χ2v) is 4.02. The van der Waals surface area contributed by atoms with Gasteiger partial charge < -0.3 is 5.11 Å². The second kappa shape index (κ2) is 4.66. The van der Waals surface area contributed by atoms with E-state index in [0.717, 1.165) is 6.42 Å². The molecule has 0 aliphatic heterocycles. The highest BCUT2D eigenvalue weighted by Crippen LogP contribution is 2.33. The molecule has 1 saturated carbocycles. The Hall–Kier alpha value is -0.300. The van der Waals surface area contributed by atoms with Gasteiger partial charge in [0, 0.05) is 0 Å². The molecule has 0 spiro atoms. The molecule has 1 rings (SSSR count). The smallest absolute Gasteiger partial charge is 0.0593 e. The highest BCUT2D eigenvalue weighted by Gasteiger charge is 2.30. The molecule has 1 aliphatic rings. The highest BCUT2D eigenvalue weighted by atomic mass is 16.3. The molecule has 0 bridgehead atoms. The minimum absolute atomic E-state index is 0.0326. The van der Waals surface area contributed by atoms with Crippen LogP contribution in [0.15, 0.2) is 12.7 Å². The van der Waals surface area contributed by atoms with E-state index in [0.29, 0.717) is 11.8 Å². The molecule has 0 aromatic carbocycles. The van der Waals surface area contributed by atoms with Crippen molar-refractivity contribution in [1.29, 1.82) is 0 Å². The third-order valence-electron chi connectivity index (χ3n) is 3.04. The highest BCUT2D eigenvalue weighted by molar-refractivity contribution is 4.82. The zero-order valence-electron chi connectivity index (χ0n) is 8.00. The number of hydrogen-bond donors (Lipinski definition) is 1. The molecule has 1 nitrogen and oxygen atoms in total. The van der Waals surface area contributed by atoms with Crippen LogP contribution in [0.3, 0.4) is 0 Å². The zero-order valence-corrected chi connectivity index (χ0v) is 8.00. The molecular weight excluding hydrogens is 148 g/mol. The fourth-order valence-corrected chi connectivity index (χ4v) is 2.12. The summed E-state index contributed by atoms with van der Waals surface area (Å²) in [5.74, 6) is 1.10. The standard InChI is InChI=1S/C11H20O/c1-3-4-5-6-10-8-7-9(2)11(10)12/h3,9-12H,1,4-8H2,2H3/t9-,10-,11-/m1/s1. The summed E-state index contributed by atoms with van der Waals surface area (Å²) in [7, 11) is 0. The third-order valence-corrected chi connectivity index (χ3v) is 3.04. The van der Waals surface area contributed by atoms with Crippen molar-refractivity contribution in [2.75, 3.05) is 0 Å². The average Bonchev–Trinajstić information content (AvgIpc) is 2.36. The summed E-state index contributed by atoms with van der Waals surface area (Å²) in [4.78, 5) is 0. The minimum atomic E-state index is -0.0326. The van der Waals surface area contributed by atoms with Gasteiger partial charge >= 0.3 is 0 Å². The van der Waals surface area contributed by atoms with E-state index in [2.05, 4.69) is 13.5 Å². The van der Waals surface area contributed by atoms with Crippen LogP contribution >= 0.6 is 0 Å². The molecule has 1 heteroatoms. The van der Waals surface area contributed by atoms with Crippen LogP contribution in [0.25, 0.3) is 0 Å². The molecule has 0 aromatic rings. The van der Waals surface area contributed by atoms with Gasteiger partial charge in [-0.15, -0.1) is 6.58 Å². The molecule has 0 saturated heterocycles. The summed E-state index contributed by atoms with van der Waals surface area (Å²) >= 11 is 0. The lowest BCUT2D eigenvalue weighted by molar-refractivity contribution is 0.0932. The normalized spacial score (nSPS) is 35.3. The maximum absolute atomic E-state index is 9.73. The van der Waals surface area contributed by atoms with Crippen LogP contribution in [-0.2, 0) is 0 Å². The Bertz CT molecular complexity index is 142. The van der Waals surface area contributed by atoms with Gasteiger partial charge in [0.1, 0.15) is 0 Å². The van der Waals surface area contributed by atoms with Crippen molar-refractivity contribution in [2.45, 2.75) is 45.1 Å². The van der Waals surface area contributed by atoms with Crippen LogP contribution < -0.4 is 0 Å². The van der Waals surface area contributed by atoms with Gasteiger partial charge in [-0.3, -0.25) is 0 Å². The topological polar surface area (TPSA) is 20.2 Å². The SMILES string of the molecule is C=CCCC[C@@H]1CC[C@@H](C)[C@H]1O. The van der Waals surface area contributed by atoms with E-state index in [4.69, 9.17) is 0 Å². The van der Waals surface area contributed by atoms with E-state index >= 15 is 0 Å². The number of rotatable bonds is 4. The fourth-order valence-electron chi connectivity index (χ4n) is 2.12. The van der Waals surface area contributed by atoms with Crippen LogP contribution in [0.5, 0.6) is 0 Å².